The molecule has 5 nitrogen and oxygen atoms in total. The standard InChI is InChI=1S/C19H23FN2O3S/c1-13(2)21-26(24,25)16-9-10-18(20)17(11-16)19(23)22(4)12-15-8-6-5-7-14(15)3/h5-11,13,21H,12H2,1-4H3. The SMILES string of the molecule is Cc1ccccc1CN(C)C(=O)c1cc(S(=O)(=O)NC(C)C)ccc1F. The van der Waals surface area contributed by atoms with Gasteiger partial charge < -0.3 is 4.90 Å². The summed E-state index contributed by atoms with van der Waals surface area (Å²) in [5.41, 5.74) is 1.69. The van der Waals surface area contributed by atoms with Crippen LogP contribution in [0.25, 0.3) is 0 Å². The molecular formula is C19H23FN2O3S. The molecule has 0 atom stereocenters. The maximum Gasteiger partial charge on any atom is 0.256 e. The number of nitrogens with one attached hydrogen (secondary N) is 1. The number of nitrogens with zero attached hydrogens (tertiary/aromatic N) is 1. The van der Waals surface area contributed by atoms with Gasteiger partial charge in [0.2, 0.25) is 10.0 Å². The Bertz CT molecular complexity index is 911. The number of carbonyl (C=O) groups is 1. The first-order valence-corrected chi connectivity index (χ1v) is 9.72. The normalized spacial score (nSPS) is 11.6. The molecule has 0 saturated heterocycles. The van der Waals surface area contributed by atoms with Gasteiger partial charge in [0.25, 0.3) is 5.91 Å². The Morgan fingerprint density at radius 2 is 1.85 bits per heavy atom. The Morgan fingerprint density at radius 3 is 2.46 bits per heavy atom. The average Bonchev–Trinajstić information content (AvgIpc) is 2.55. The van der Waals surface area contributed by atoms with E-state index in [-0.39, 0.29) is 16.5 Å². The summed E-state index contributed by atoms with van der Waals surface area (Å²) >= 11 is 0. The Balaban J connectivity index is 2.31. The van der Waals surface area contributed by atoms with E-state index in [1.807, 2.05) is 31.2 Å². The molecule has 0 saturated carbocycles. The van der Waals surface area contributed by atoms with Crippen LogP contribution in [0.5, 0.6) is 0 Å². The molecule has 1 N–H and O–H groups in total. The minimum atomic E-state index is -3.81. The van der Waals surface area contributed by atoms with Gasteiger partial charge in [-0.15, -0.1) is 0 Å². The Labute approximate surface area is 153 Å². The first-order chi connectivity index (χ1) is 12.1. The molecule has 7 heteroatoms. The van der Waals surface area contributed by atoms with Crippen LogP contribution in [0.3, 0.4) is 0 Å². The second-order valence-corrected chi connectivity index (χ2v) is 8.22. The maximum absolute atomic E-state index is 14.2. The van der Waals surface area contributed by atoms with Gasteiger partial charge in [0.05, 0.1) is 10.5 Å². The molecule has 2 rings (SSSR count). The summed E-state index contributed by atoms with van der Waals surface area (Å²) in [4.78, 5) is 13.9. The lowest BCUT2D eigenvalue weighted by Crippen LogP contribution is -2.31. The topological polar surface area (TPSA) is 66.5 Å². The minimum Gasteiger partial charge on any atom is -0.337 e. The van der Waals surface area contributed by atoms with E-state index in [1.165, 1.54) is 4.90 Å². The van der Waals surface area contributed by atoms with Crippen LogP contribution in [0, 0.1) is 12.7 Å². The zero-order valence-electron chi connectivity index (χ0n) is 15.3. The Hall–Kier alpha value is -2.25. The molecule has 0 aliphatic rings. The molecule has 0 aromatic heterocycles. The molecule has 0 spiro atoms. The maximum atomic E-state index is 14.2. The number of hydrogen-bond acceptors (Lipinski definition) is 3. The molecule has 140 valence electrons. The second-order valence-electron chi connectivity index (χ2n) is 6.51. The third-order valence-corrected chi connectivity index (χ3v) is 5.54. The first-order valence-electron chi connectivity index (χ1n) is 8.23. The van der Waals surface area contributed by atoms with E-state index in [4.69, 9.17) is 0 Å². The summed E-state index contributed by atoms with van der Waals surface area (Å²) in [7, 11) is -2.25. The van der Waals surface area contributed by atoms with Crippen LogP contribution < -0.4 is 4.72 Å². The van der Waals surface area contributed by atoms with E-state index in [0.29, 0.717) is 6.54 Å². The van der Waals surface area contributed by atoms with Crippen molar-refractivity contribution >= 4 is 15.9 Å². The lowest BCUT2D eigenvalue weighted by atomic mass is 10.1. The number of amides is 1. The number of aryl methyl sites for hydroxylation is 1. The fourth-order valence-electron chi connectivity index (χ4n) is 2.53. The molecule has 0 fully saturated rings. The molecule has 2 aromatic rings. The molecule has 0 aliphatic heterocycles. The molecular weight excluding hydrogens is 355 g/mol. The van der Waals surface area contributed by atoms with Gasteiger partial charge in [-0.1, -0.05) is 24.3 Å². The lowest BCUT2D eigenvalue weighted by Gasteiger charge is -2.19. The van der Waals surface area contributed by atoms with Crippen molar-refractivity contribution in [1.82, 2.24) is 9.62 Å². The van der Waals surface area contributed by atoms with Crippen molar-refractivity contribution in [1.29, 1.82) is 0 Å². The molecule has 26 heavy (non-hydrogen) atoms. The van der Waals surface area contributed by atoms with Crippen LogP contribution in [0.1, 0.15) is 35.3 Å². The minimum absolute atomic E-state index is 0.139. The number of halogens is 1. The van der Waals surface area contributed by atoms with Gasteiger partial charge in [0.1, 0.15) is 5.82 Å². The number of rotatable bonds is 6. The molecule has 0 bridgehead atoms. The number of carbonyl (C=O) groups excluding carboxylic acids is 1. The monoisotopic (exact) mass is 378 g/mol. The van der Waals surface area contributed by atoms with Gasteiger partial charge in [-0.3, -0.25) is 4.79 Å². The van der Waals surface area contributed by atoms with Gasteiger partial charge in [-0.2, -0.15) is 0 Å². The summed E-state index contributed by atoms with van der Waals surface area (Å²) in [5, 5.41) is 0. The highest BCUT2D eigenvalue weighted by Gasteiger charge is 2.22. The first kappa shape index (κ1) is 20.1. The van der Waals surface area contributed by atoms with Crippen LogP contribution in [0.4, 0.5) is 4.39 Å². The second kappa shape index (κ2) is 7.97. The third kappa shape index (κ3) is 4.68. The van der Waals surface area contributed by atoms with E-state index >= 15 is 0 Å². The molecule has 0 unspecified atom stereocenters. The van der Waals surface area contributed by atoms with Crippen molar-refractivity contribution in [3.05, 3.63) is 65.0 Å². The van der Waals surface area contributed by atoms with Crippen molar-refractivity contribution < 1.29 is 17.6 Å². The van der Waals surface area contributed by atoms with Gasteiger partial charge in [0.15, 0.2) is 0 Å². The predicted molar refractivity (Wildman–Crippen MR) is 98.8 cm³/mol. The summed E-state index contributed by atoms with van der Waals surface area (Å²) in [6, 6.07) is 10.5. The van der Waals surface area contributed by atoms with Crippen LogP contribution in [0.15, 0.2) is 47.4 Å². The van der Waals surface area contributed by atoms with Crippen molar-refractivity contribution in [2.24, 2.45) is 0 Å². The van der Waals surface area contributed by atoms with Crippen molar-refractivity contribution in [2.75, 3.05) is 7.05 Å². The highest BCUT2D eigenvalue weighted by molar-refractivity contribution is 7.89. The zero-order chi connectivity index (χ0) is 19.5. The number of benzene rings is 2. The molecule has 1 amide bonds. The van der Waals surface area contributed by atoms with Gasteiger partial charge in [-0.25, -0.2) is 17.5 Å². The highest BCUT2D eigenvalue weighted by atomic mass is 32.2. The molecule has 0 heterocycles. The summed E-state index contributed by atoms with van der Waals surface area (Å²) < 4.78 is 41.2. The van der Waals surface area contributed by atoms with E-state index in [0.717, 1.165) is 29.3 Å². The van der Waals surface area contributed by atoms with Crippen LogP contribution in [-0.4, -0.2) is 32.3 Å². The predicted octanol–water partition coefficient (Wildman–Crippen LogP) is 3.09. The molecule has 2 aromatic carbocycles. The highest BCUT2D eigenvalue weighted by Crippen LogP contribution is 2.18. The van der Waals surface area contributed by atoms with Crippen molar-refractivity contribution in [2.45, 2.75) is 38.3 Å². The van der Waals surface area contributed by atoms with E-state index in [2.05, 4.69) is 4.72 Å². The van der Waals surface area contributed by atoms with Crippen molar-refractivity contribution in [3.8, 4) is 0 Å². The Kier molecular flexibility index (Phi) is 6.15. The molecule has 0 radical (unpaired) electrons. The number of sulfonamides is 1. The summed E-state index contributed by atoms with van der Waals surface area (Å²) in [6.07, 6.45) is 0. The van der Waals surface area contributed by atoms with E-state index in [1.54, 1.807) is 20.9 Å². The third-order valence-electron chi connectivity index (χ3n) is 3.88. The average molecular weight is 378 g/mol. The van der Waals surface area contributed by atoms with E-state index < -0.39 is 21.7 Å². The van der Waals surface area contributed by atoms with Gasteiger partial charge in [-0.05, 0) is 50.1 Å². The number of hydrogen-bond donors (Lipinski definition) is 1. The van der Waals surface area contributed by atoms with Crippen molar-refractivity contribution in [3.63, 3.8) is 0 Å². The van der Waals surface area contributed by atoms with Gasteiger partial charge in [0, 0.05) is 19.6 Å². The van der Waals surface area contributed by atoms with E-state index in [9.17, 15) is 17.6 Å². The summed E-state index contributed by atoms with van der Waals surface area (Å²) in [6.45, 7) is 5.59. The lowest BCUT2D eigenvalue weighted by molar-refractivity contribution is 0.0780. The van der Waals surface area contributed by atoms with Gasteiger partial charge >= 0.3 is 0 Å². The zero-order valence-corrected chi connectivity index (χ0v) is 16.1. The summed E-state index contributed by atoms with van der Waals surface area (Å²) in [5.74, 6) is -1.33. The Morgan fingerprint density at radius 1 is 1.19 bits per heavy atom. The smallest absolute Gasteiger partial charge is 0.256 e. The quantitative estimate of drug-likeness (QED) is 0.840. The van der Waals surface area contributed by atoms with Crippen LogP contribution in [-0.2, 0) is 16.6 Å². The molecule has 0 aliphatic carbocycles. The fourth-order valence-corrected chi connectivity index (χ4v) is 3.81. The fraction of sp³-hybridized carbons (Fsp3) is 0.316. The van der Waals surface area contributed by atoms with Crippen LogP contribution >= 0.6 is 0 Å². The van der Waals surface area contributed by atoms with Crippen LogP contribution in [0.2, 0.25) is 0 Å². The largest absolute Gasteiger partial charge is 0.337 e.